The summed E-state index contributed by atoms with van der Waals surface area (Å²) in [4.78, 5) is 11.5. The van der Waals surface area contributed by atoms with Gasteiger partial charge in [-0.1, -0.05) is 63.3 Å². The van der Waals surface area contributed by atoms with Gasteiger partial charge in [0.25, 0.3) is 0 Å². The Labute approximate surface area is 230 Å². The average Bonchev–Trinajstić information content (AvgIpc) is 3.33. The van der Waals surface area contributed by atoms with E-state index in [4.69, 9.17) is 18.6 Å². The third kappa shape index (κ3) is 9.29. The number of methoxy groups -OCH3 is 1. The van der Waals surface area contributed by atoms with Gasteiger partial charge in [0, 0.05) is 13.5 Å². The normalized spacial score (nSPS) is 21.2. The first kappa shape index (κ1) is 32.1. The van der Waals surface area contributed by atoms with Crippen LogP contribution in [0.25, 0.3) is 6.08 Å². The Balaban J connectivity index is 2.32. The fourth-order valence-corrected chi connectivity index (χ4v) is 5.26. The number of hydrogen-bond acceptors (Lipinski definition) is 7. The Morgan fingerprint density at radius 2 is 1.89 bits per heavy atom. The Morgan fingerprint density at radius 3 is 2.53 bits per heavy atom. The smallest absolute Gasteiger partial charge is 0.305 e. The molecule has 1 saturated heterocycles. The zero-order valence-electron chi connectivity index (χ0n) is 25.1. The molecule has 0 radical (unpaired) electrons. The molecule has 1 aliphatic heterocycles. The lowest BCUT2D eigenvalue weighted by Gasteiger charge is -2.38. The summed E-state index contributed by atoms with van der Waals surface area (Å²) in [5.41, 5.74) is 1.68. The number of aromatic nitrogens is 3. The van der Waals surface area contributed by atoms with E-state index in [1.807, 2.05) is 33.0 Å². The van der Waals surface area contributed by atoms with Crippen molar-refractivity contribution in [2.45, 2.75) is 116 Å². The third-order valence-electron chi connectivity index (χ3n) is 7.14. The molecule has 0 spiro atoms. The molecule has 38 heavy (non-hydrogen) atoms. The van der Waals surface area contributed by atoms with Gasteiger partial charge in [-0.3, -0.25) is 4.79 Å². The van der Waals surface area contributed by atoms with E-state index in [1.165, 1.54) is 7.11 Å². The van der Waals surface area contributed by atoms with Crippen molar-refractivity contribution in [3.05, 3.63) is 41.8 Å². The van der Waals surface area contributed by atoms with Crippen LogP contribution in [0.3, 0.4) is 0 Å². The van der Waals surface area contributed by atoms with Crippen LogP contribution in [0.5, 0.6) is 0 Å². The van der Waals surface area contributed by atoms with Crippen molar-refractivity contribution < 1.29 is 23.4 Å². The molecule has 2 heterocycles. The van der Waals surface area contributed by atoms with E-state index in [0.717, 1.165) is 24.2 Å². The van der Waals surface area contributed by atoms with Gasteiger partial charge in [-0.2, -0.15) is 0 Å². The summed E-state index contributed by atoms with van der Waals surface area (Å²) in [5, 5.41) is 8.93. The fraction of sp³-hybridized carbons (Fsp3) is 0.690. The van der Waals surface area contributed by atoms with E-state index < -0.39 is 14.1 Å². The minimum atomic E-state index is -2.12. The van der Waals surface area contributed by atoms with Gasteiger partial charge < -0.3 is 18.6 Å². The minimum absolute atomic E-state index is 0.0396. The summed E-state index contributed by atoms with van der Waals surface area (Å²) in [6.45, 7) is 17.2. The molecule has 1 aromatic rings. The first-order valence-corrected chi connectivity index (χ1v) is 16.6. The maximum Gasteiger partial charge on any atom is 0.305 e. The summed E-state index contributed by atoms with van der Waals surface area (Å²) in [6, 6.07) is 0. The number of rotatable bonds is 13. The van der Waals surface area contributed by atoms with E-state index in [9.17, 15) is 4.79 Å². The number of carbonyl (C=O) groups is 1. The highest BCUT2D eigenvalue weighted by molar-refractivity contribution is 6.74. The molecule has 0 aliphatic carbocycles. The molecular weight excluding hydrogens is 498 g/mol. The highest BCUT2D eigenvalue weighted by Crippen LogP contribution is 2.41. The van der Waals surface area contributed by atoms with Gasteiger partial charge in [-0.25, -0.2) is 4.68 Å². The largest absolute Gasteiger partial charge is 0.469 e. The van der Waals surface area contributed by atoms with Crippen LogP contribution in [0.4, 0.5) is 0 Å². The highest BCUT2D eigenvalue weighted by Gasteiger charge is 2.41. The average molecular weight is 548 g/mol. The molecule has 0 saturated carbocycles. The second kappa shape index (κ2) is 13.8. The molecule has 0 amide bonds. The van der Waals surface area contributed by atoms with Crippen LogP contribution in [0, 0.1) is 0 Å². The third-order valence-corrected chi connectivity index (χ3v) is 11.6. The Morgan fingerprint density at radius 1 is 1.18 bits per heavy atom. The van der Waals surface area contributed by atoms with Crippen LogP contribution >= 0.6 is 0 Å². The summed E-state index contributed by atoms with van der Waals surface area (Å²) in [5.74, 6) is -0.856. The Hall–Kier alpha value is -2.07. The summed E-state index contributed by atoms with van der Waals surface area (Å²) < 4.78 is 25.8. The van der Waals surface area contributed by atoms with Gasteiger partial charge in [-0.05, 0) is 63.7 Å². The highest BCUT2D eigenvalue weighted by atomic mass is 28.4. The van der Waals surface area contributed by atoms with Gasteiger partial charge in [0.15, 0.2) is 14.1 Å². The summed E-state index contributed by atoms with van der Waals surface area (Å²) in [7, 11) is 1.19. The lowest BCUT2D eigenvalue weighted by molar-refractivity contribution is -0.142. The number of nitrogens with zero attached hydrogens (tertiary/aromatic N) is 3. The molecule has 0 aromatic carbocycles. The summed E-state index contributed by atoms with van der Waals surface area (Å²) >= 11 is 0. The number of carbonyl (C=O) groups excluding carboxylic acids is 1. The first-order chi connectivity index (χ1) is 17.7. The van der Waals surface area contributed by atoms with Crippen LogP contribution in [0.1, 0.15) is 91.1 Å². The summed E-state index contributed by atoms with van der Waals surface area (Å²) in [6.07, 6.45) is 15.3. The molecule has 1 fully saturated rings. The zero-order valence-corrected chi connectivity index (χ0v) is 26.1. The van der Waals surface area contributed by atoms with Crippen molar-refractivity contribution in [1.29, 1.82) is 0 Å². The maximum absolute atomic E-state index is 11.5. The van der Waals surface area contributed by atoms with Crippen LogP contribution in [-0.2, 0) is 30.5 Å². The number of hydrogen-bond donors (Lipinski definition) is 0. The van der Waals surface area contributed by atoms with Crippen molar-refractivity contribution in [3.8, 4) is 0 Å². The van der Waals surface area contributed by atoms with Gasteiger partial charge in [0.1, 0.15) is 11.8 Å². The van der Waals surface area contributed by atoms with E-state index >= 15 is 0 Å². The Kier molecular flexibility index (Phi) is 11.7. The number of aryl methyl sites for hydroxylation is 1. The topological polar surface area (TPSA) is 84.7 Å². The fourth-order valence-electron chi connectivity index (χ4n) is 3.98. The van der Waals surface area contributed by atoms with E-state index in [1.54, 1.807) is 4.68 Å². The standard InChI is InChI=1S/C29H49N3O5Si/c1-11-12-14-17-23-24(36-29(5,6)35-23)21-20-22-27(30-31-32(22)7)25(37-38(9,10)28(2,3)4)18-15-13-16-19-26(33)34-8/h12-15,20-21,23-25H,11,16-19H2,1-10H3/b14-12-,15-13-,21-20+/t23-,24+,25+/m1/s1. The lowest BCUT2D eigenvalue weighted by atomic mass is 10.1. The van der Waals surface area contributed by atoms with Gasteiger partial charge in [0.05, 0.1) is 25.0 Å². The molecular formula is C29H49N3O5Si. The van der Waals surface area contributed by atoms with Crippen molar-refractivity contribution in [2.75, 3.05) is 7.11 Å². The van der Waals surface area contributed by atoms with Crippen molar-refractivity contribution >= 4 is 20.4 Å². The molecule has 0 bridgehead atoms. The maximum atomic E-state index is 11.5. The number of ether oxygens (including phenoxy) is 3. The second-order valence-corrected chi connectivity index (χ2v) is 16.5. The predicted molar refractivity (Wildman–Crippen MR) is 154 cm³/mol. The monoisotopic (exact) mass is 547 g/mol. The molecule has 214 valence electrons. The molecule has 9 heteroatoms. The van der Waals surface area contributed by atoms with Crippen molar-refractivity contribution in [2.24, 2.45) is 7.05 Å². The second-order valence-electron chi connectivity index (χ2n) is 11.8. The zero-order chi connectivity index (χ0) is 28.6. The molecule has 0 unspecified atom stereocenters. The number of esters is 1. The van der Waals surface area contributed by atoms with Crippen LogP contribution in [0.15, 0.2) is 30.4 Å². The van der Waals surface area contributed by atoms with Gasteiger partial charge in [-0.15, -0.1) is 5.10 Å². The molecule has 3 atom stereocenters. The van der Waals surface area contributed by atoms with Crippen molar-refractivity contribution in [1.82, 2.24) is 15.0 Å². The van der Waals surface area contributed by atoms with Crippen LogP contribution < -0.4 is 0 Å². The quantitative estimate of drug-likeness (QED) is 0.155. The van der Waals surface area contributed by atoms with E-state index in [0.29, 0.717) is 19.3 Å². The molecule has 0 N–H and O–H groups in total. The lowest BCUT2D eigenvalue weighted by Crippen LogP contribution is -2.42. The molecule has 2 rings (SSSR count). The van der Waals surface area contributed by atoms with Crippen molar-refractivity contribution in [3.63, 3.8) is 0 Å². The first-order valence-electron chi connectivity index (χ1n) is 13.7. The minimum Gasteiger partial charge on any atom is -0.469 e. The molecule has 1 aliphatic rings. The molecule has 1 aromatic heterocycles. The SMILES string of the molecule is CC/C=C\C[C@H]1OC(C)(C)O[C@H]1/C=C/c1c([C@H](C/C=C\CCC(=O)OC)O[Si](C)(C)C(C)(C)C)nnn1C. The Bertz CT molecular complexity index is 991. The van der Waals surface area contributed by atoms with Gasteiger partial charge in [0.2, 0.25) is 0 Å². The van der Waals surface area contributed by atoms with Crippen LogP contribution in [-0.4, -0.2) is 54.4 Å². The van der Waals surface area contributed by atoms with E-state index in [-0.39, 0.29) is 29.3 Å². The van der Waals surface area contributed by atoms with Crippen LogP contribution in [0.2, 0.25) is 18.1 Å². The molecule has 8 nitrogen and oxygen atoms in total. The van der Waals surface area contributed by atoms with E-state index in [2.05, 4.69) is 75.4 Å². The number of allylic oxidation sites excluding steroid dienone is 2. The van der Waals surface area contributed by atoms with Gasteiger partial charge >= 0.3 is 5.97 Å². The predicted octanol–water partition coefficient (Wildman–Crippen LogP) is 6.67.